The number of hydrogen-bond donors (Lipinski definition) is 1. The number of sulfone groups is 1. The number of likely N-dealkylation sites (N-methyl/N-ethyl adjacent to an activating group) is 1. The normalized spacial score (nSPS) is 12.7. The quantitative estimate of drug-likeness (QED) is 0.661. The van der Waals surface area contributed by atoms with E-state index < -0.39 is 9.84 Å². The summed E-state index contributed by atoms with van der Waals surface area (Å²) in [4.78, 5) is 2.15. The average Bonchev–Trinajstić information content (AvgIpc) is 2.00. The van der Waals surface area contributed by atoms with E-state index in [9.17, 15) is 8.42 Å². The average molecular weight is 236 g/mol. The third-order valence-corrected chi connectivity index (χ3v) is 3.13. The van der Waals surface area contributed by atoms with Gasteiger partial charge in [0.25, 0.3) is 0 Å². The van der Waals surface area contributed by atoms with Gasteiger partial charge in [-0.3, -0.25) is 0 Å². The van der Waals surface area contributed by atoms with Crippen LogP contribution in [0.3, 0.4) is 0 Å². The Morgan fingerprint density at radius 2 is 1.87 bits per heavy atom. The molecule has 0 spiro atoms. The summed E-state index contributed by atoms with van der Waals surface area (Å²) in [7, 11) is -0.778. The van der Waals surface area contributed by atoms with Crippen molar-refractivity contribution in [2.75, 3.05) is 38.7 Å². The standard InChI is InChI=1S/C10H24N2O2S/c1-10(2)11-6-8-12(3)7-5-9-15(4,13)14/h10-11H,5-9H2,1-4H3. The van der Waals surface area contributed by atoms with Crippen molar-refractivity contribution >= 4 is 9.84 Å². The van der Waals surface area contributed by atoms with Crippen LogP contribution in [0.4, 0.5) is 0 Å². The fraction of sp³-hybridized carbons (Fsp3) is 1.00. The van der Waals surface area contributed by atoms with Crippen molar-refractivity contribution in [3.8, 4) is 0 Å². The number of rotatable bonds is 8. The molecular weight excluding hydrogens is 212 g/mol. The molecule has 0 atom stereocenters. The summed E-state index contributed by atoms with van der Waals surface area (Å²) in [6.45, 7) is 6.98. The fourth-order valence-electron chi connectivity index (χ4n) is 1.25. The summed E-state index contributed by atoms with van der Waals surface area (Å²) < 4.78 is 21.8. The van der Waals surface area contributed by atoms with Crippen molar-refractivity contribution < 1.29 is 8.42 Å². The van der Waals surface area contributed by atoms with E-state index in [1.54, 1.807) is 0 Å². The maximum Gasteiger partial charge on any atom is 0.147 e. The molecule has 5 heteroatoms. The Labute approximate surface area is 94.0 Å². The molecule has 0 heterocycles. The van der Waals surface area contributed by atoms with Gasteiger partial charge in [-0.05, 0) is 20.0 Å². The Morgan fingerprint density at radius 1 is 1.27 bits per heavy atom. The Morgan fingerprint density at radius 3 is 2.33 bits per heavy atom. The molecule has 0 radical (unpaired) electrons. The molecule has 1 N–H and O–H groups in total. The lowest BCUT2D eigenvalue weighted by atomic mass is 10.4. The second-order valence-corrected chi connectivity index (χ2v) is 6.66. The van der Waals surface area contributed by atoms with Crippen LogP contribution in [0.25, 0.3) is 0 Å². The van der Waals surface area contributed by atoms with Crippen LogP contribution in [0.15, 0.2) is 0 Å². The van der Waals surface area contributed by atoms with Gasteiger partial charge in [0.15, 0.2) is 0 Å². The predicted molar refractivity (Wildman–Crippen MR) is 65.0 cm³/mol. The van der Waals surface area contributed by atoms with E-state index in [0.717, 1.165) is 26.1 Å². The monoisotopic (exact) mass is 236 g/mol. The second-order valence-electron chi connectivity index (χ2n) is 4.40. The van der Waals surface area contributed by atoms with Gasteiger partial charge >= 0.3 is 0 Å². The zero-order chi connectivity index (χ0) is 11.9. The Kier molecular flexibility index (Phi) is 7.13. The molecule has 0 unspecified atom stereocenters. The van der Waals surface area contributed by atoms with E-state index in [0.29, 0.717) is 6.04 Å². The van der Waals surface area contributed by atoms with E-state index in [1.807, 2.05) is 7.05 Å². The van der Waals surface area contributed by atoms with Gasteiger partial charge in [0, 0.05) is 25.4 Å². The highest BCUT2D eigenvalue weighted by Crippen LogP contribution is 1.92. The summed E-state index contributed by atoms with van der Waals surface area (Å²) in [5.41, 5.74) is 0. The molecule has 15 heavy (non-hydrogen) atoms. The van der Waals surface area contributed by atoms with Crippen LogP contribution in [0.5, 0.6) is 0 Å². The molecule has 0 aromatic heterocycles. The van der Waals surface area contributed by atoms with Gasteiger partial charge in [0.2, 0.25) is 0 Å². The van der Waals surface area contributed by atoms with Gasteiger partial charge in [-0.1, -0.05) is 13.8 Å². The number of nitrogens with one attached hydrogen (secondary N) is 1. The first kappa shape index (κ1) is 14.9. The topological polar surface area (TPSA) is 49.4 Å². The molecular formula is C10H24N2O2S. The van der Waals surface area contributed by atoms with Gasteiger partial charge < -0.3 is 10.2 Å². The minimum absolute atomic E-state index is 0.287. The second kappa shape index (κ2) is 7.19. The maximum atomic E-state index is 10.9. The van der Waals surface area contributed by atoms with E-state index in [4.69, 9.17) is 0 Å². The molecule has 0 aliphatic carbocycles. The lowest BCUT2D eigenvalue weighted by Gasteiger charge is -2.17. The van der Waals surface area contributed by atoms with Crippen LogP contribution in [0.2, 0.25) is 0 Å². The van der Waals surface area contributed by atoms with Crippen LogP contribution in [0, 0.1) is 0 Å². The first-order valence-electron chi connectivity index (χ1n) is 5.41. The molecule has 0 bridgehead atoms. The highest BCUT2D eigenvalue weighted by atomic mass is 32.2. The lowest BCUT2D eigenvalue weighted by Crippen LogP contribution is -2.33. The summed E-state index contributed by atoms with van der Waals surface area (Å²) >= 11 is 0. The molecule has 0 aliphatic rings. The SMILES string of the molecule is CC(C)NCCN(C)CCCS(C)(=O)=O. The highest BCUT2D eigenvalue weighted by molar-refractivity contribution is 7.90. The van der Waals surface area contributed by atoms with E-state index in [2.05, 4.69) is 24.1 Å². The minimum atomic E-state index is -2.80. The fourth-order valence-corrected chi connectivity index (χ4v) is 1.91. The van der Waals surface area contributed by atoms with Crippen molar-refractivity contribution in [1.29, 1.82) is 0 Å². The predicted octanol–water partition coefficient (Wildman–Crippen LogP) is 0.351. The van der Waals surface area contributed by atoms with Crippen LogP contribution in [-0.2, 0) is 9.84 Å². The van der Waals surface area contributed by atoms with E-state index >= 15 is 0 Å². The number of nitrogens with zero attached hydrogens (tertiary/aromatic N) is 1. The Hall–Kier alpha value is -0.130. The van der Waals surface area contributed by atoms with E-state index in [1.165, 1.54) is 6.26 Å². The third-order valence-electron chi connectivity index (χ3n) is 2.10. The van der Waals surface area contributed by atoms with Crippen molar-refractivity contribution in [3.63, 3.8) is 0 Å². The first-order valence-corrected chi connectivity index (χ1v) is 7.47. The zero-order valence-corrected chi connectivity index (χ0v) is 11.1. The molecule has 0 rings (SSSR count). The van der Waals surface area contributed by atoms with Gasteiger partial charge in [-0.25, -0.2) is 8.42 Å². The van der Waals surface area contributed by atoms with Crippen molar-refractivity contribution in [3.05, 3.63) is 0 Å². The Bertz CT molecular complexity index is 250. The van der Waals surface area contributed by atoms with Crippen molar-refractivity contribution in [1.82, 2.24) is 10.2 Å². The van der Waals surface area contributed by atoms with Crippen LogP contribution in [0.1, 0.15) is 20.3 Å². The Balaban J connectivity index is 3.45. The van der Waals surface area contributed by atoms with Crippen molar-refractivity contribution in [2.45, 2.75) is 26.3 Å². The van der Waals surface area contributed by atoms with Gasteiger partial charge in [0.1, 0.15) is 9.84 Å². The first-order chi connectivity index (χ1) is 6.81. The molecule has 0 aromatic rings. The zero-order valence-electron chi connectivity index (χ0n) is 10.3. The molecule has 0 aliphatic heterocycles. The molecule has 0 fully saturated rings. The van der Waals surface area contributed by atoms with Gasteiger partial charge in [0.05, 0.1) is 5.75 Å². The van der Waals surface area contributed by atoms with E-state index in [-0.39, 0.29) is 5.75 Å². The smallest absolute Gasteiger partial charge is 0.147 e. The molecule has 4 nitrogen and oxygen atoms in total. The highest BCUT2D eigenvalue weighted by Gasteiger charge is 2.03. The van der Waals surface area contributed by atoms with Gasteiger partial charge in [-0.2, -0.15) is 0 Å². The molecule has 0 aromatic carbocycles. The summed E-state index contributed by atoms with van der Waals surface area (Å²) in [6, 6.07) is 0.509. The third kappa shape index (κ3) is 11.8. The van der Waals surface area contributed by atoms with Gasteiger partial charge in [-0.15, -0.1) is 0 Å². The summed E-state index contributed by atoms with van der Waals surface area (Å²) in [5, 5.41) is 3.32. The number of hydrogen-bond acceptors (Lipinski definition) is 4. The molecule has 0 saturated heterocycles. The molecule has 0 saturated carbocycles. The van der Waals surface area contributed by atoms with Crippen LogP contribution < -0.4 is 5.32 Å². The van der Waals surface area contributed by atoms with Crippen LogP contribution in [-0.4, -0.2) is 58.1 Å². The maximum absolute atomic E-state index is 10.9. The van der Waals surface area contributed by atoms with Crippen molar-refractivity contribution in [2.24, 2.45) is 0 Å². The summed E-state index contributed by atoms with van der Waals surface area (Å²) in [5.74, 6) is 0.287. The lowest BCUT2D eigenvalue weighted by molar-refractivity contribution is 0.328. The minimum Gasteiger partial charge on any atom is -0.313 e. The summed E-state index contributed by atoms with van der Waals surface area (Å²) in [6.07, 6.45) is 2.00. The van der Waals surface area contributed by atoms with Crippen LogP contribution >= 0.6 is 0 Å². The largest absolute Gasteiger partial charge is 0.313 e. The molecule has 0 amide bonds. The molecule has 92 valence electrons.